The van der Waals surface area contributed by atoms with Gasteiger partial charge in [0.15, 0.2) is 0 Å². The van der Waals surface area contributed by atoms with Crippen LogP contribution in [0, 0.1) is 21.4 Å². The van der Waals surface area contributed by atoms with E-state index in [1.807, 2.05) is 6.07 Å². The number of nitrogens with zero attached hydrogens (tertiary/aromatic N) is 3. The van der Waals surface area contributed by atoms with Crippen molar-refractivity contribution in [2.75, 3.05) is 19.4 Å². The largest absolute Gasteiger partial charge is 0.383 e. The van der Waals surface area contributed by atoms with Gasteiger partial charge in [0, 0.05) is 26.7 Å². The lowest BCUT2D eigenvalue weighted by Crippen LogP contribution is -2.26. The Morgan fingerprint density at radius 3 is 2.40 bits per heavy atom. The molecule has 2 rings (SSSR count). The van der Waals surface area contributed by atoms with Crippen LogP contribution in [0.4, 0.5) is 11.4 Å². The first-order chi connectivity index (χ1) is 11.8. The number of nitro benzene ring substituents is 1. The number of nitriles is 1. The molecule has 0 radical (unpaired) electrons. The molecule has 0 aromatic heterocycles. The fourth-order valence-corrected chi connectivity index (χ4v) is 3.42. The molecule has 0 bridgehead atoms. The van der Waals surface area contributed by atoms with Crippen LogP contribution in [0.25, 0.3) is 0 Å². The molecule has 0 amide bonds. The quantitative estimate of drug-likeness (QED) is 0.624. The number of nitro groups is 1. The molecule has 2 aromatic carbocycles. The zero-order valence-corrected chi connectivity index (χ0v) is 14.4. The summed E-state index contributed by atoms with van der Waals surface area (Å²) in [4.78, 5) is 10.3. The first-order valence-electron chi connectivity index (χ1n) is 7.21. The third-order valence-electron chi connectivity index (χ3n) is 3.63. The van der Waals surface area contributed by atoms with Crippen molar-refractivity contribution in [3.63, 3.8) is 0 Å². The summed E-state index contributed by atoms with van der Waals surface area (Å²) in [7, 11) is -0.982. The van der Waals surface area contributed by atoms with Crippen LogP contribution in [0.2, 0.25) is 0 Å². The van der Waals surface area contributed by atoms with Crippen LogP contribution >= 0.6 is 0 Å². The normalized spacial score (nSPS) is 11.1. The average molecular weight is 360 g/mol. The standard InChI is InChI=1S/C16H16N4O4S/c1-18-15-8-7-14(9-16(15)20(21)22)25(23,24)19(2)11-13-5-3-12(10-17)4-6-13/h3-9,18H,11H2,1-2H3. The molecule has 0 saturated carbocycles. The van der Waals surface area contributed by atoms with Crippen molar-refractivity contribution in [1.82, 2.24) is 4.31 Å². The molecule has 0 unspecified atom stereocenters. The average Bonchev–Trinajstić information content (AvgIpc) is 2.61. The first-order valence-corrected chi connectivity index (χ1v) is 8.65. The Balaban J connectivity index is 2.32. The maximum atomic E-state index is 12.7. The summed E-state index contributed by atoms with van der Waals surface area (Å²) >= 11 is 0. The molecule has 0 spiro atoms. The molecule has 0 aliphatic rings. The van der Waals surface area contributed by atoms with Gasteiger partial charge in [-0.25, -0.2) is 8.42 Å². The highest BCUT2D eigenvalue weighted by Crippen LogP contribution is 2.28. The molecular weight excluding hydrogens is 344 g/mol. The van der Waals surface area contributed by atoms with E-state index in [2.05, 4.69) is 5.32 Å². The molecule has 0 aliphatic carbocycles. The summed E-state index contributed by atoms with van der Waals surface area (Å²) in [5, 5.41) is 22.6. The molecule has 9 heteroatoms. The van der Waals surface area contributed by atoms with Crippen molar-refractivity contribution in [2.24, 2.45) is 0 Å². The number of sulfonamides is 1. The van der Waals surface area contributed by atoms with Crippen molar-refractivity contribution in [3.05, 3.63) is 63.7 Å². The van der Waals surface area contributed by atoms with Crippen LogP contribution in [-0.4, -0.2) is 31.7 Å². The highest BCUT2D eigenvalue weighted by molar-refractivity contribution is 7.89. The second kappa shape index (κ2) is 7.29. The Bertz CT molecular complexity index is 934. The van der Waals surface area contributed by atoms with Gasteiger partial charge >= 0.3 is 0 Å². The monoisotopic (exact) mass is 360 g/mol. The highest BCUT2D eigenvalue weighted by atomic mass is 32.2. The van der Waals surface area contributed by atoms with E-state index in [1.165, 1.54) is 26.2 Å². The van der Waals surface area contributed by atoms with Gasteiger partial charge in [-0.1, -0.05) is 12.1 Å². The SMILES string of the molecule is CNc1ccc(S(=O)(=O)N(C)Cc2ccc(C#N)cc2)cc1[N+](=O)[O-]. The summed E-state index contributed by atoms with van der Waals surface area (Å²) in [6.45, 7) is 0.0790. The van der Waals surface area contributed by atoms with E-state index < -0.39 is 14.9 Å². The fraction of sp³-hybridized carbons (Fsp3) is 0.188. The lowest BCUT2D eigenvalue weighted by molar-refractivity contribution is -0.384. The maximum Gasteiger partial charge on any atom is 0.293 e. The van der Waals surface area contributed by atoms with Gasteiger partial charge in [-0.05, 0) is 29.8 Å². The van der Waals surface area contributed by atoms with E-state index in [-0.39, 0.29) is 22.8 Å². The zero-order valence-electron chi connectivity index (χ0n) is 13.6. The van der Waals surface area contributed by atoms with E-state index in [0.29, 0.717) is 11.1 Å². The third kappa shape index (κ3) is 3.93. The van der Waals surface area contributed by atoms with Crippen LogP contribution in [0.5, 0.6) is 0 Å². The second-order valence-corrected chi connectivity index (χ2v) is 7.30. The molecule has 8 nitrogen and oxygen atoms in total. The number of hydrogen-bond donors (Lipinski definition) is 1. The number of nitrogens with one attached hydrogen (secondary N) is 1. The minimum absolute atomic E-state index is 0.0790. The molecular formula is C16H16N4O4S. The van der Waals surface area contributed by atoms with E-state index >= 15 is 0 Å². The second-order valence-electron chi connectivity index (χ2n) is 5.26. The van der Waals surface area contributed by atoms with Crippen molar-refractivity contribution in [2.45, 2.75) is 11.4 Å². The smallest absolute Gasteiger partial charge is 0.293 e. The third-order valence-corrected chi connectivity index (χ3v) is 5.43. The van der Waals surface area contributed by atoms with Crippen molar-refractivity contribution >= 4 is 21.4 Å². The van der Waals surface area contributed by atoms with Gasteiger partial charge in [0.1, 0.15) is 5.69 Å². The summed E-state index contributed by atoms with van der Waals surface area (Å²) in [6, 6.07) is 12.2. The van der Waals surface area contributed by atoms with Gasteiger partial charge in [0.25, 0.3) is 5.69 Å². The van der Waals surface area contributed by atoms with Crippen molar-refractivity contribution in [1.29, 1.82) is 5.26 Å². The summed E-state index contributed by atoms with van der Waals surface area (Å²) in [5.41, 5.74) is 1.10. The molecule has 0 fully saturated rings. The molecule has 0 atom stereocenters. The Hall–Kier alpha value is -2.96. The number of rotatable bonds is 6. The Morgan fingerprint density at radius 2 is 1.88 bits per heavy atom. The molecule has 130 valence electrons. The number of hydrogen-bond acceptors (Lipinski definition) is 6. The summed E-state index contributed by atoms with van der Waals surface area (Å²) < 4.78 is 26.4. The lowest BCUT2D eigenvalue weighted by Gasteiger charge is -2.17. The topological polar surface area (TPSA) is 116 Å². The predicted octanol–water partition coefficient (Wildman–Crippen LogP) is 2.33. The van der Waals surface area contributed by atoms with Crippen LogP contribution in [0.1, 0.15) is 11.1 Å². The van der Waals surface area contributed by atoms with Crippen molar-refractivity contribution < 1.29 is 13.3 Å². The van der Waals surface area contributed by atoms with Gasteiger partial charge in [-0.15, -0.1) is 0 Å². The molecule has 1 N–H and O–H groups in total. The molecule has 2 aromatic rings. The van der Waals surface area contributed by atoms with Crippen LogP contribution in [-0.2, 0) is 16.6 Å². The van der Waals surface area contributed by atoms with E-state index in [9.17, 15) is 18.5 Å². The Morgan fingerprint density at radius 1 is 1.24 bits per heavy atom. The van der Waals surface area contributed by atoms with E-state index in [0.717, 1.165) is 10.4 Å². The minimum Gasteiger partial charge on any atom is -0.383 e. The van der Waals surface area contributed by atoms with Crippen LogP contribution < -0.4 is 5.32 Å². The van der Waals surface area contributed by atoms with E-state index in [4.69, 9.17) is 5.26 Å². The highest BCUT2D eigenvalue weighted by Gasteiger charge is 2.25. The first kappa shape index (κ1) is 18.4. The van der Waals surface area contributed by atoms with Gasteiger partial charge in [0.05, 0.1) is 21.5 Å². The Labute approximate surface area is 145 Å². The number of benzene rings is 2. The zero-order chi connectivity index (χ0) is 18.6. The van der Waals surface area contributed by atoms with Gasteiger partial charge in [0.2, 0.25) is 10.0 Å². The molecule has 0 saturated heterocycles. The fourth-order valence-electron chi connectivity index (χ4n) is 2.24. The lowest BCUT2D eigenvalue weighted by atomic mass is 10.1. The number of anilines is 1. The van der Waals surface area contributed by atoms with E-state index in [1.54, 1.807) is 24.3 Å². The van der Waals surface area contributed by atoms with Crippen LogP contribution in [0.15, 0.2) is 47.4 Å². The van der Waals surface area contributed by atoms with Gasteiger partial charge in [-0.3, -0.25) is 10.1 Å². The van der Waals surface area contributed by atoms with Gasteiger partial charge < -0.3 is 5.32 Å². The minimum atomic E-state index is -3.90. The molecule has 25 heavy (non-hydrogen) atoms. The van der Waals surface area contributed by atoms with Crippen molar-refractivity contribution in [3.8, 4) is 6.07 Å². The molecule has 0 heterocycles. The molecule has 0 aliphatic heterocycles. The predicted molar refractivity (Wildman–Crippen MR) is 92.5 cm³/mol. The van der Waals surface area contributed by atoms with Crippen LogP contribution in [0.3, 0.4) is 0 Å². The summed E-state index contributed by atoms with van der Waals surface area (Å²) in [5.74, 6) is 0. The summed E-state index contributed by atoms with van der Waals surface area (Å²) in [6.07, 6.45) is 0. The Kier molecular flexibility index (Phi) is 5.36. The van der Waals surface area contributed by atoms with Gasteiger partial charge in [-0.2, -0.15) is 9.57 Å². The maximum absolute atomic E-state index is 12.7.